The van der Waals surface area contributed by atoms with Crippen molar-refractivity contribution in [2.24, 2.45) is 0 Å². The largest absolute Gasteiger partial charge is 0.494 e. The average molecular weight is 236 g/mol. The van der Waals surface area contributed by atoms with Crippen LogP contribution in [0.15, 0.2) is 18.2 Å². The van der Waals surface area contributed by atoms with Gasteiger partial charge in [0.05, 0.1) is 13.2 Å². The molecule has 94 valence electrons. The lowest BCUT2D eigenvalue weighted by Gasteiger charge is -2.18. The van der Waals surface area contributed by atoms with Crippen molar-refractivity contribution in [3.8, 4) is 5.75 Å². The van der Waals surface area contributed by atoms with E-state index in [0.29, 0.717) is 13.2 Å². The average Bonchev–Trinajstić information content (AvgIpc) is 2.31. The van der Waals surface area contributed by atoms with Gasteiger partial charge in [-0.15, -0.1) is 0 Å². The minimum absolute atomic E-state index is 0.0380. The van der Waals surface area contributed by atoms with Crippen molar-refractivity contribution in [3.63, 3.8) is 0 Å². The Morgan fingerprint density at radius 3 is 2.71 bits per heavy atom. The summed E-state index contributed by atoms with van der Waals surface area (Å²) in [5, 5.41) is 2.85. The maximum atomic E-state index is 11.7. The molecule has 0 saturated heterocycles. The molecule has 0 radical (unpaired) electrons. The Hall–Kier alpha value is -1.55. The molecule has 0 aliphatic carbocycles. The van der Waals surface area contributed by atoms with E-state index in [2.05, 4.69) is 5.32 Å². The van der Waals surface area contributed by atoms with Gasteiger partial charge in [0, 0.05) is 12.7 Å². The van der Waals surface area contributed by atoms with E-state index in [1.165, 1.54) is 0 Å². The van der Waals surface area contributed by atoms with E-state index in [1.807, 2.05) is 32.0 Å². The molecule has 0 atom stereocenters. The summed E-state index contributed by atoms with van der Waals surface area (Å²) in [5.74, 6) is 0.904. The van der Waals surface area contributed by atoms with Crippen LogP contribution in [0.1, 0.15) is 12.5 Å². The fraction of sp³-hybridized carbons (Fsp3) is 0.462. The van der Waals surface area contributed by atoms with Gasteiger partial charge in [0.25, 0.3) is 0 Å². The molecular formula is C13H20N2O2. The molecule has 1 aromatic rings. The van der Waals surface area contributed by atoms with E-state index < -0.39 is 0 Å². The van der Waals surface area contributed by atoms with E-state index in [1.54, 1.807) is 19.0 Å². The zero-order valence-electron chi connectivity index (χ0n) is 10.9. The summed E-state index contributed by atoms with van der Waals surface area (Å²) in [7, 11) is 3.53. The van der Waals surface area contributed by atoms with Gasteiger partial charge in [-0.3, -0.25) is 4.79 Å². The number of hydrogen-bond acceptors (Lipinski definition) is 3. The van der Waals surface area contributed by atoms with Crippen LogP contribution in [0.3, 0.4) is 0 Å². The molecule has 0 aromatic heterocycles. The smallest absolute Gasteiger partial charge is 0.240 e. The van der Waals surface area contributed by atoms with Gasteiger partial charge in [-0.1, -0.05) is 0 Å². The third kappa shape index (κ3) is 3.46. The fourth-order valence-corrected chi connectivity index (χ4v) is 1.57. The second-order valence-corrected chi connectivity index (χ2v) is 3.87. The number of rotatable bonds is 5. The van der Waals surface area contributed by atoms with Crippen molar-refractivity contribution >= 4 is 11.6 Å². The zero-order chi connectivity index (χ0) is 12.8. The molecule has 0 aliphatic heterocycles. The summed E-state index contributed by atoms with van der Waals surface area (Å²) in [4.78, 5) is 13.3. The van der Waals surface area contributed by atoms with Gasteiger partial charge in [0.15, 0.2) is 0 Å². The standard InChI is InChI=1S/C13H20N2O2/c1-5-17-12-7-6-11(8-10(12)2)15(4)13(16)9-14-3/h6-8,14H,5,9H2,1-4H3. The molecule has 0 spiro atoms. The molecule has 4 nitrogen and oxygen atoms in total. The highest BCUT2D eigenvalue weighted by Gasteiger charge is 2.10. The Kier molecular flexibility index (Phi) is 4.97. The first kappa shape index (κ1) is 13.5. The van der Waals surface area contributed by atoms with E-state index in [0.717, 1.165) is 17.0 Å². The van der Waals surface area contributed by atoms with Crippen molar-refractivity contribution in [3.05, 3.63) is 23.8 Å². The first-order valence-corrected chi connectivity index (χ1v) is 5.74. The Labute approximate surface area is 103 Å². The van der Waals surface area contributed by atoms with Gasteiger partial charge in [0.1, 0.15) is 5.75 Å². The second-order valence-electron chi connectivity index (χ2n) is 3.87. The number of nitrogens with one attached hydrogen (secondary N) is 1. The van der Waals surface area contributed by atoms with E-state index >= 15 is 0 Å². The molecular weight excluding hydrogens is 216 g/mol. The van der Waals surface area contributed by atoms with Gasteiger partial charge >= 0.3 is 0 Å². The maximum Gasteiger partial charge on any atom is 0.240 e. The second kappa shape index (κ2) is 6.25. The number of hydrogen-bond donors (Lipinski definition) is 1. The van der Waals surface area contributed by atoms with Crippen LogP contribution < -0.4 is 15.0 Å². The highest BCUT2D eigenvalue weighted by atomic mass is 16.5. The summed E-state index contributed by atoms with van der Waals surface area (Å²) in [6, 6.07) is 5.75. The maximum absolute atomic E-state index is 11.7. The van der Waals surface area contributed by atoms with E-state index in [4.69, 9.17) is 4.74 Å². The van der Waals surface area contributed by atoms with Crippen LogP contribution in [-0.4, -0.2) is 33.2 Å². The number of amides is 1. The molecule has 0 saturated carbocycles. The topological polar surface area (TPSA) is 41.6 Å². The van der Waals surface area contributed by atoms with Crippen molar-refractivity contribution < 1.29 is 9.53 Å². The van der Waals surface area contributed by atoms with Crippen LogP contribution in [0.2, 0.25) is 0 Å². The van der Waals surface area contributed by atoms with Crippen LogP contribution in [0.4, 0.5) is 5.69 Å². The first-order chi connectivity index (χ1) is 8.10. The minimum Gasteiger partial charge on any atom is -0.494 e. The lowest BCUT2D eigenvalue weighted by molar-refractivity contribution is -0.117. The number of benzene rings is 1. The van der Waals surface area contributed by atoms with Gasteiger partial charge in [-0.2, -0.15) is 0 Å². The Morgan fingerprint density at radius 1 is 1.47 bits per heavy atom. The molecule has 0 fully saturated rings. The van der Waals surface area contributed by atoms with Crippen molar-refractivity contribution in [2.45, 2.75) is 13.8 Å². The molecule has 17 heavy (non-hydrogen) atoms. The summed E-state index contributed by atoms with van der Waals surface area (Å²) in [5.41, 5.74) is 1.92. The fourth-order valence-electron chi connectivity index (χ4n) is 1.57. The predicted octanol–water partition coefficient (Wildman–Crippen LogP) is 1.58. The summed E-state index contributed by atoms with van der Waals surface area (Å²) in [6.45, 7) is 4.91. The molecule has 1 N–H and O–H groups in total. The van der Waals surface area contributed by atoms with Gasteiger partial charge in [-0.05, 0) is 44.7 Å². The molecule has 4 heteroatoms. The third-order valence-electron chi connectivity index (χ3n) is 2.55. The highest BCUT2D eigenvalue weighted by molar-refractivity contribution is 5.94. The van der Waals surface area contributed by atoms with Crippen molar-refractivity contribution in [1.29, 1.82) is 0 Å². The lowest BCUT2D eigenvalue weighted by atomic mass is 10.2. The first-order valence-electron chi connectivity index (χ1n) is 5.74. The van der Waals surface area contributed by atoms with E-state index in [9.17, 15) is 4.79 Å². The number of anilines is 1. The molecule has 1 amide bonds. The number of nitrogens with zero attached hydrogens (tertiary/aromatic N) is 1. The van der Waals surface area contributed by atoms with Crippen LogP contribution in [0.5, 0.6) is 5.75 Å². The summed E-state index contributed by atoms with van der Waals surface area (Å²) < 4.78 is 5.46. The van der Waals surface area contributed by atoms with Crippen LogP contribution in [-0.2, 0) is 4.79 Å². The summed E-state index contributed by atoms with van der Waals surface area (Å²) >= 11 is 0. The molecule has 1 rings (SSSR count). The number of carbonyl (C=O) groups excluding carboxylic acids is 1. The molecule has 1 aromatic carbocycles. The Morgan fingerprint density at radius 2 is 2.18 bits per heavy atom. The SMILES string of the molecule is CCOc1ccc(N(C)C(=O)CNC)cc1C. The van der Waals surface area contributed by atoms with Gasteiger partial charge < -0.3 is 15.0 Å². The normalized spacial score (nSPS) is 10.1. The monoisotopic (exact) mass is 236 g/mol. The van der Waals surface area contributed by atoms with Crippen molar-refractivity contribution in [2.75, 3.05) is 32.1 Å². The van der Waals surface area contributed by atoms with Gasteiger partial charge in [-0.25, -0.2) is 0 Å². The Balaban J connectivity index is 2.85. The van der Waals surface area contributed by atoms with Crippen molar-refractivity contribution in [1.82, 2.24) is 5.32 Å². The van der Waals surface area contributed by atoms with Crippen LogP contribution in [0.25, 0.3) is 0 Å². The molecule has 0 heterocycles. The number of aryl methyl sites for hydroxylation is 1. The highest BCUT2D eigenvalue weighted by Crippen LogP contribution is 2.23. The molecule has 0 aliphatic rings. The molecule has 0 bridgehead atoms. The van der Waals surface area contributed by atoms with Crippen LogP contribution in [0, 0.1) is 6.92 Å². The lowest BCUT2D eigenvalue weighted by Crippen LogP contribution is -2.34. The zero-order valence-corrected chi connectivity index (χ0v) is 10.9. The minimum atomic E-state index is 0.0380. The van der Waals surface area contributed by atoms with Gasteiger partial charge in [0.2, 0.25) is 5.91 Å². The quantitative estimate of drug-likeness (QED) is 0.844. The predicted molar refractivity (Wildman–Crippen MR) is 69.7 cm³/mol. The third-order valence-corrected chi connectivity index (χ3v) is 2.55. The Bertz CT molecular complexity index is 391. The number of carbonyl (C=O) groups is 1. The number of ether oxygens (including phenoxy) is 1. The summed E-state index contributed by atoms with van der Waals surface area (Å²) in [6.07, 6.45) is 0. The van der Waals surface area contributed by atoms with Crippen LogP contribution >= 0.6 is 0 Å². The number of likely N-dealkylation sites (N-methyl/N-ethyl adjacent to an activating group) is 2. The van der Waals surface area contributed by atoms with E-state index in [-0.39, 0.29) is 5.91 Å². The molecule has 0 unspecified atom stereocenters.